The molecule has 0 aliphatic carbocycles. The number of ether oxygens (including phenoxy) is 1. The van der Waals surface area contributed by atoms with Crippen molar-refractivity contribution in [2.45, 2.75) is 19.4 Å². The molecule has 2 unspecified atom stereocenters. The third-order valence-corrected chi connectivity index (χ3v) is 6.21. The predicted molar refractivity (Wildman–Crippen MR) is 107 cm³/mol. The van der Waals surface area contributed by atoms with E-state index in [9.17, 15) is 5.11 Å². The van der Waals surface area contributed by atoms with Gasteiger partial charge < -0.3 is 20.1 Å². The van der Waals surface area contributed by atoms with E-state index in [0.717, 1.165) is 63.3 Å². The quantitative estimate of drug-likeness (QED) is 0.565. The number of aliphatic imine (C=N–C) groups is 1. The van der Waals surface area contributed by atoms with Crippen LogP contribution in [0.15, 0.2) is 17.1 Å². The highest BCUT2D eigenvalue weighted by molar-refractivity contribution is 7.16. The van der Waals surface area contributed by atoms with Crippen LogP contribution in [0.2, 0.25) is 4.34 Å². The molecule has 8 heteroatoms. The van der Waals surface area contributed by atoms with Crippen molar-refractivity contribution in [2.24, 2.45) is 10.9 Å². The van der Waals surface area contributed by atoms with Gasteiger partial charge in [0.2, 0.25) is 0 Å². The maximum Gasteiger partial charge on any atom is 0.194 e. The minimum atomic E-state index is -0.604. The van der Waals surface area contributed by atoms with Crippen molar-refractivity contribution in [2.75, 3.05) is 59.0 Å². The summed E-state index contributed by atoms with van der Waals surface area (Å²) in [4.78, 5) is 10.4. The van der Waals surface area contributed by atoms with E-state index < -0.39 is 6.10 Å². The number of guanidine groups is 1. The molecule has 2 atom stereocenters. The molecule has 1 aromatic rings. The van der Waals surface area contributed by atoms with Crippen LogP contribution in [0, 0.1) is 5.92 Å². The molecule has 0 amide bonds. The molecule has 0 bridgehead atoms. The highest BCUT2D eigenvalue weighted by Crippen LogP contribution is 2.27. The summed E-state index contributed by atoms with van der Waals surface area (Å²) in [7, 11) is 0. The molecule has 2 fully saturated rings. The summed E-state index contributed by atoms with van der Waals surface area (Å²) in [5.74, 6) is 1.57. The first kappa shape index (κ1) is 19.9. The van der Waals surface area contributed by atoms with Gasteiger partial charge in [-0.05, 0) is 31.4 Å². The minimum Gasteiger partial charge on any atom is -0.386 e. The Morgan fingerprint density at radius 1 is 1.42 bits per heavy atom. The van der Waals surface area contributed by atoms with Gasteiger partial charge in [0.05, 0.1) is 24.1 Å². The maximum absolute atomic E-state index is 10.3. The first-order valence-electron chi connectivity index (χ1n) is 9.42. The third-order valence-electron chi connectivity index (χ3n) is 4.88. The van der Waals surface area contributed by atoms with E-state index in [1.807, 2.05) is 12.1 Å². The molecule has 0 saturated carbocycles. The van der Waals surface area contributed by atoms with Crippen LogP contribution in [-0.2, 0) is 4.74 Å². The molecule has 3 rings (SSSR count). The molecule has 3 heterocycles. The molecule has 0 aromatic carbocycles. The molecule has 6 nitrogen and oxygen atoms in total. The summed E-state index contributed by atoms with van der Waals surface area (Å²) in [5.41, 5.74) is 0. The van der Waals surface area contributed by atoms with Crippen LogP contribution in [-0.4, -0.2) is 79.9 Å². The second kappa shape index (κ2) is 9.90. The van der Waals surface area contributed by atoms with Crippen LogP contribution in [0.25, 0.3) is 0 Å². The molecule has 0 radical (unpaired) electrons. The average Bonchev–Trinajstić information content (AvgIpc) is 3.28. The summed E-state index contributed by atoms with van der Waals surface area (Å²) in [6, 6.07) is 3.69. The zero-order valence-corrected chi connectivity index (χ0v) is 16.9. The second-order valence-corrected chi connectivity index (χ2v) is 8.61. The standard InChI is InChI=1S/C18H29ClN4O2S/c1-2-20-18(21-11-15(24)16-3-4-17(19)26-16)23-6-5-14(13-23)12-22-7-9-25-10-8-22/h3-4,14-15,24H,2,5-13H2,1H3,(H,20,21). The van der Waals surface area contributed by atoms with Crippen LogP contribution < -0.4 is 5.32 Å². The number of hydrogen-bond donors (Lipinski definition) is 2. The number of aliphatic hydroxyl groups is 1. The molecule has 2 aliphatic rings. The van der Waals surface area contributed by atoms with E-state index in [0.29, 0.717) is 16.8 Å². The summed E-state index contributed by atoms with van der Waals surface area (Å²) in [5, 5.41) is 13.7. The Kier molecular flexibility index (Phi) is 7.57. The highest BCUT2D eigenvalue weighted by Gasteiger charge is 2.27. The van der Waals surface area contributed by atoms with E-state index in [1.54, 1.807) is 0 Å². The lowest BCUT2D eigenvalue weighted by Gasteiger charge is -2.29. The van der Waals surface area contributed by atoms with E-state index in [4.69, 9.17) is 16.3 Å². The fourth-order valence-electron chi connectivity index (χ4n) is 3.52. The van der Waals surface area contributed by atoms with Gasteiger partial charge in [0.25, 0.3) is 0 Å². The predicted octanol–water partition coefficient (Wildman–Crippen LogP) is 2.05. The number of aliphatic hydroxyl groups excluding tert-OH is 1. The Bertz CT molecular complexity index is 592. The maximum atomic E-state index is 10.3. The fraction of sp³-hybridized carbons (Fsp3) is 0.722. The van der Waals surface area contributed by atoms with Crippen LogP contribution in [0.1, 0.15) is 24.3 Å². The zero-order valence-electron chi connectivity index (χ0n) is 15.4. The fourth-order valence-corrected chi connectivity index (χ4v) is 4.56. The summed E-state index contributed by atoms with van der Waals surface area (Å²) in [6.45, 7) is 10.2. The van der Waals surface area contributed by atoms with E-state index in [-0.39, 0.29) is 0 Å². The minimum absolute atomic E-state index is 0.351. The lowest BCUT2D eigenvalue weighted by Crippen LogP contribution is -2.42. The van der Waals surface area contributed by atoms with Crippen molar-refractivity contribution in [1.82, 2.24) is 15.1 Å². The smallest absolute Gasteiger partial charge is 0.194 e. The lowest BCUT2D eigenvalue weighted by atomic mass is 10.1. The average molecular weight is 401 g/mol. The van der Waals surface area contributed by atoms with Gasteiger partial charge in [-0.1, -0.05) is 11.6 Å². The third kappa shape index (κ3) is 5.57. The Labute approximate surface area is 164 Å². The molecule has 2 N–H and O–H groups in total. The van der Waals surface area contributed by atoms with Gasteiger partial charge in [0, 0.05) is 44.1 Å². The van der Waals surface area contributed by atoms with E-state index in [2.05, 4.69) is 27.0 Å². The van der Waals surface area contributed by atoms with Crippen molar-refractivity contribution in [1.29, 1.82) is 0 Å². The number of morpholine rings is 1. The Morgan fingerprint density at radius 2 is 2.23 bits per heavy atom. The van der Waals surface area contributed by atoms with Crippen LogP contribution in [0.4, 0.5) is 0 Å². The van der Waals surface area contributed by atoms with Gasteiger partial charge in [-0.15, -0.1) is 11.3 Å². The largest absolute Gasteiger partial charge is 0.386 e. The van der Waals surface area contributed by atoms with Gasteiger partial charge in [0.15, 0.2) is 5.96 Å². The van der Waals surface area contributed by atoms with Crippen LogP contribution in [0.5, 0.6) is 0 Å². The normalized spacial score (nSPS) is 23.4. The SMILES string of the molecule is CCNC(=NCC(O)c1ccc(Cl)s1)N1CCC(CN2CCOCC2)C1. The molecule has 146 valence electrons. The molecular weight excluding hydrogens is 372 g/mol. The molecule has 26 heavy (non-hydrogen) atoms. The Balaban J connectivity index is 1.53. The second-order valence-electron chi connectivity index (χ2n) is 6.87. The topological polar surface area (TPSA) is 60.3 Å². The number of rotatable bonds is 6. The van der Waals surface area contributed by atoms with Crippen molar-refractivity contribution in [3.05, 3.63) is 21.3 Å². The van der Waals surface area contributed by atoms with Crippen molar-refractivity contribution >= 4 is 28.9 Å². The first-order chi connectivity index (χ1) is 12.7. The van der Waals surface area contributed by atoms with Crippen LogP contribution in [0.3, 0.4) is 0 Å². The molecule has 0 spiro atoms. The summed E-state index contributed by atoms with van der Waals surface area (Å²) >= 11 is 7.37. The molecule has 2 saturated heterocycles. The number of hydrogen-bond acceptors (Lipinski definition) is 5. The number of nitrogens with zero attached hydrogens (tertiary/aromatic N) is 3. The number of likely N-dealkylation sites (tertiary alicyclic amines) is 1. The van der Waals surface area contributed by atoms with Gasteiger partial charge in [-0.25, -0.2) is 0 Å². The molecular formula is C18H29ClN4O2S. The monoisotopic (exact) mass is 400 g/mol. The highest BCUT2D eigenvalue weighted by atomic mass is 35.5. The first-order valence-corrected chi connectivity index (χ1v) is 10.6. The van der Waals surface area contributed by atoms with Gasteiger partial charge >= 0.3 is 0 Å². The number of halogens is 1. The lowest BCUT2D eigenvalue weighted by molar-refractivity contribution is 0.0315. The number of nitrogens with one attached hydrogen (secondary N) is 1. The molecule has 1 aromatic heterocycles. The summed E-state index contributed by atoms with van der Waals surface area (Å²) in [6.07, 6.45) is 0.582. The van der Waals surface area contributed by atoms with Crippen molar-refractivity contribution < 1.29 is 9.84 Å². The Morgan fingerprint density at radius 3 is 2.92 bits per heavy atom. The van der Waals surface area contributed by atoms with E-state index in [1.165, 1.54) is 17.8 Å². The number of thiophene rings is 1. The van der Waals surface area contributed by atoms with Crippen molar-refractivity contribution in [3.63, 3.8) is 0 Å². The Hall–Kier alpha value is -0.860. The van der Waals surface area contributed by atoms with E-state index >= 15 is 0 Å². The summed E-state index contributed by atoms with van der Waals surface area (Å²) < 4.78 is 6.13. The van der Waals surface area contributed by atoms with Gasteiger partial charge in [-0.2, -0.15) is 0 Å². The molecule has 2 aliphatic heterocycles. The zero-order chi connectivity index (χ0) is 18.4. The van der Waals surface area contributed by atoms with Crippen LogP contribution >= 0.6 is 22.9 Å². The van der Waals surface area contributed by atoms with Gasteiger partial charge in [-0.3, -0.25) is 9.89 Å². The van der Waals surface area contributed by atoms with Crippen molar-refractivity contribution in [3.8, 4) is 0 Å². The van der Waals surface area contributed by atoms with Gasteiger partial charge in [0.1, 0.15) is 6.10 Å².